The van der Waals surface area contributed by atoms with Crippen molar-refractivity contribution >= 4 is 17.6 Å². The van der Waals surface area contributed by atoms with Gasteiger partial charge >= 0.3 is 12.2 Å². The van der Waals surface area contributed by atoms with E-state index >= 15 is 0 Å². The lowest BCUT2D eigenvalue weighted by Gasteiger charge is -2.15. The lowest BCUT2D eigenvalue weighted by molar-refractivity contribution is -0.140. The van der Waals surface area contributed by atoms with Gasteiger partial charge < -0.3 is 5.32 Å². The Morgan fingerprint density at radius 2 is 1.89 bits per heavy atom. The highest BCUT2D eigenvalue weighted by Gasteiger charge is 2.37. The second-order valence-electron chi connectivity index (χ2n) is 3.55. The fraction of sp³-hybridized carbons (Fsp3) is 0.200. The summed E-state index contributed by atoms with van der Waals surface area (Å²) in [4.78, 5) is 23.1. The molecule has 96 valence electrons. The molecule has 1 aromatic carbocycles. The summed E-state index contributed by atoms with van der Waals surface area (Å²) >= 11 is 0. The van der Waals surface area contributed by atoms with Gasteiger partial charge in [0, 0.05) is 0 Å². The first-order valence-corrected chi connectivity index (χ1v) is 4.78. The molecule has 1 N–H and O–H groups in total. The molecule has 1 heterocycles. The highest BCUT2D eigenvalue weighted by molar-refractivity contribution is 6.19. The molecule has 18 heavy (non-hydrogen) atoms. The summed E-state index contributed by atoms with van der Waals surface area (Å²) in [5.41, 5.74) is -1.84. The maximum atomic E-state index is 13.0. The molecule has 0 saturated carbocycles. The number of carbonyl (C=O) groups is 2. The van der Waals surface area contributed by atoms with Crippen LogP contribution in [0.1, 0.15) is 5.56 Å². The minimum absolute atomic E-state index is 0.294. The standard InChI is InChI=1S/C10H6F4N2O2/c11-7-2-1-5(3-6(7)10(12,13)14)16-8(17)4-15-9(16)18/h1-3H,4H2,(H,15,18). The van der Waals surface area contributed by atoms with Gasteiger partial charge in [-0.3, -0.25) is 4.79 Å². The molecular weight excluding hydrogens is 256 g/mol. The highest BCUT2D eigenvalue weighted by Crippen LogP contribution is 2.34. The van der Waals surface area contributed by atoms with Gasteiger partial charge in [0.1, 0.15) is 5.82 Å². The van der Waals surface area contributed by atoms with Crippen molar-refractivity contribution < 1.29 is 27.2 Å². The van der Waals surface area contributed by atoms with Crippen molar-refractivity contribution in [1.82, 2.24) is 5.32 Å². The molecule has 3 amide bonds. The van der Waals surface area contributed by atoms with E-state index in [9.17, 15) is 27.2 Å². The third-order valence-electron chi connectivity index (χ3n) is 2.36. The number of hydrogen-bond acceptors (Lipinski definition) is 2. The fourth-order valence-corrected chi connectivity index (χ4v) is 1.55. The van der Waals surface area contributed by atoms with Crippen LogP contribution < -0.4 is 10.2 Å². The number of hydrogen-bond donors (Lipinski definition) is 1. The van der Waals surface area contributed by atoms with Gasteiger partial charge in [0.25, 0.3) is 5.91 Å². The molecule has 1 aliphatic rings. The van der Waals surface area contributed by atoms with Crippen LogP contribution in [0, 0.1) is 5.82 Å². The average Bonchev–Trinajstić information content (AvgIpc) is 2.58. The molecule has 2 rings (SSSR count). The SMILES string of the molecule is O=C1CNC(=O)N1c1ccc(F)c(C(F)(F)F)c1. The van der Waals surface area contributed by atoms with Gasteiger partial charge in [-0.1, -0.05) is 0 Å². The molecule has 8 heteroatoms. The monoisotopic (exact) mass is 262 g/mol. The summed E-state index contributed by atoms with van der Waals surface area (Å²) in [6, 6.07) is 1.10. The molecule has 1 fully saturated rings. The highest BCUT2D eigenvalue weighted by atomic mass is 19.4. The molecule has 1 aliphatic heterocycles. The van der Waals surface area contributed by atoms with Crippen molar-refractivity contribution in [3.63, 3.8) is 0 Å². The Morgan fingerprint density at radius 3 is 2.39 bits per heavy atom. The van der Waals surface area contributed by atoms with E-state index in [0.29, 0.717) is 17.0 Å². The first-order valence-electron chi connectivity index (χ1n) is 4.78. The number of carbonyl (C=O) groups excluding carboxylic acids is 2. The lowest BCUT2D eigenvalue weighted by atomic mass is 10.1. The first-order chi connectivity index (χ1) is 8.30. The van der Waals surface area contributed by atoms with E-state index in [2.05, 4.69) is 5.32 Å². The maximum Gasteiger partial charge on any atom is 0.419 e. The summed E-state index contributed by atoms with van der Waals surface area (Å²) in [7, 11) is 0. The second-order valence-corrected chi connectivity index (χ2v) is 3.55. The van der Waals surface area contributed by atoms with Crippen LogP contribution >= 0.6 is 0 Å². The molecule has 0 bridgehead atoms. The zero-order chi connectivity index (χ0) is 13.5. The molecular formula is C10H6F4N2O2. The number of benzene rings is 1. The van der Waals surface area contributed by atoms with Crippen LogP contribution in [0.2, 0.25) is 0 Å². The Kier molecular flexibility index (Phi) is 2.72. The zero-order valence-electron chi connectivity index (χ0n) is 8.71. The van der Waals surface area contributed by atoms with Crippen molar-refractivity contribution in [3.8, 4) is 0 Å². The Bertz CT molecular complexity index is 511. The smallest absolute Gasteiger partial charge is 0.328 e. The minimum atomic E-state index is -4.89. The normalized spacial score (nSPS) is 16.1. The van der Waals surface area contributed by atoms with Gasteiger partial charge in [0.05, 0.1) is 17.8 Å². The summed E-state index contributed by atoms with van der Waals surface area (Å²) in [6.45, 7) is -0.294. The van der Waals surface area contributed by atoms with Gasteiger partial charge in [0.2, 0.25) is 0 Å². The Balaban J connectivity index is 2.48. The molecule has 0 aromatic heterocycles. The average molecular weight is 262 g/mol. The van der Waals surface area contributed by atoms with E-state index in [0.717, 1.165) is 6.07 Å². The summed E-state index contributed by atoms with van der Waals surface area (Å²) < 4.78 is 50.4. The number of urea groups is 1. The predicted molar refractivity (Wildman–Crippen MR) is 52.3 cm³/mol. The third kappa shape index (κ3) is 2.01. The van der Waals surface area contributed by atoms with Crippen molar-refractivity contribution in [2.45, 2.75) is 6.18 Å². The Morgan fingerprint density at radius 1 is 1.22 bits per heavy atom. The van der Waals surface area contributed by atoms with E-state index < -0.39 is 29.5 Å². The Hall–Kier alpha value is -2.12. The van der Waals surface area contributed by atoms with E-state index in [-0.39, 0.29) is 12.2 Å². The van der Waals surface area contributed by atoms with Gasteiger partial charge in [-0.05, 0) is 18.2 Å². The van der Waals surface area contributed by atoms with E-state index in [4.69, 9.17) is 0 Å². The molecule has 1 aromatic rings. The van der Waals surface area contributed by atoms with Gasteiger partial charge in [-0.25, -0.2) is 14.1 Å². The molecule has 0 aliphatic carbocycles. The summed E-state index contributed by atoms with van der Waals surface area (Å²) in [5.74, 6) is -2.15. The summed E-state index contributed by atoms with van der Waals surface area (Å²) in [6.07, 6.45) is -4.89. The Labute approximate surface area is 98.2 Å². The van der Waals surface area contributed by atoms with Crippen LogP contribution in [0.5, 0.6) is 0 Å². The van der Waals surface area contributed by atoms with Crippen LogP contribution in [0.25, 0.3) is 0 Å². The van der Waals surface area contributed by atoms with Crippen LogP contribution in [-0.4, -0.2) is 18.5 Å². The van der Waals surface area contributed by atoms with Gasteiger partial charge in [-0.2, -0.15) is 13.2 Å². The van der Waals surface area contributed by atoms with Crippen molar-refractivity contribution in [2.24, 2.45) is 0 Å². The third-order valence-corrected chi connectivity index (χ3v) is 2.36. The predicted octanol–water partition coefficient (Wildman–Crippen LogP) is 1.90. The number of nitrogens with zero attached hydrogens (tertiary/aromatic N) is 1. The number of anilines is 1. The van der Waals surface area contributed by atoms with Crippen LogP contribution in [-0.2, 0) is 11.0 Å². The number of rotatable bonds is 1. The number of halogens is 4. The summed E-state index contributed by atoms with van der Waals surface area (Å²) in [5, 5.41) is 2.15. The zero-order valence-corrected chi connectivity index (χ0v) is 8.71. The topological polar surface area (TPSA) is 49.4 Å². The van der Waals surface area contributed by atoms with Crippen LogP contribution in [0.15, 0.2) is 18.2 Å². The second kappa shape index (κ2) is 3.97. The van der Waals surface area contributed by atoms with E-state index in [1.807, 2.05) is 0 Å². The molecule has 1 saturated heterocycles. The van der Waals surface area contributed by atoms with Crippen LogP contribution in [0.3, 0.4) is 0 Å². The number of amides is 3. The maximum absolute atomic E-state index is 13.0. The van der Waals surface area contributed by atoms with Gasteiger partial charge in [0.15, 0.2) is 0 Å². The fourth-order valence-electron chi connectivity index (χ4n) is 1.55. The van der Waals surface area contributed by atoms with Crippen molar-refractivity contribution in [3.05, 3.63) is 29.6 Å². The minimum Gasteiger partial charge on any atom is -0.328 e. The molecule has 0 spiro atoms. The number of alkyl halides is 3. The van der Waals surface area contributed by atoms with E-state index in [1.165, 1.54) is 0 Å². The van der Waals surface area contributed by atoms with Crippen LogP contribution in [0.4, 0.5) is 28.0 Å². The largest absolute Gasteiger partial charge is 0.419 e. The molecule has 4 nitrogen and oxygen atoms in total. The van der Waals surface area contributed by atoms with Crippen molar-refractivity contribution in [2.75, 3.05) is 11.4 Å². The van der Waals surface area contributed by atoms with Crippen molar-refractivity contribution in [1.29, 1.82) is 0 Å². The van der Waals surface area contributed by atoms with E-state index in [1.54, 1.807) is 0 Å². The first kappa shape index (κ1) is 12.3. The quantitative estimate of drug-likeness (QED) is 0.620. The molecule has 0 radical (unpaired) electrons. The number of nitrogens with one attached hydrogen (secondary N) is 1. The molecule has 0 unspecified atom stereocenters. The number of imide groups is 1. The lowest BCUT2D eigenvalue weighted by Crippen LogP contribution is -2.31. The molecule has 0 atom stereocenters. The van der Waals surface area contributed by atoms with Gasteiger partial charge in [-0.15, -0.1) is 0 Å².